The molecule has 2 rings (SSSR count). The Kier molecular flexibility index (Phi) is 5.03. The van der Waals surface area contributed by atoms with Crippen molar-refractivity contribution < 1.29 is 8.42 Å². The van der Waals surface area contributed by atoms with E-state index < -0.39 is 9.84 Å². The summed E-state index contributed by atoms with van der Waals surface area (Å²) in [6.07, 6.45) is 3.74. The molecule has 0 amide bonds. The second kappa shape index (κ2) is 6.37. The molecule has 0 aromatic heterocycles. The molecule has 3 nitrogen and oxygen atoms in total. The lowest BCUT2D eigenvalue weighted by molar-refractivity contribution is 0.505. The van der Waals surface area contributed by atoms with Gasteiger partial charge in [0.05, 0.1) is 10.1 Å². The molecule has 1 fully saturated rings. The van der Waals surface area contributed by atoms with Gasteiger partial charge < -0.3 is 5.32 Å². The fraction of sp³-hybridized carbons (Fsp3) is 0.571. The molecule has 0 bridgehead atoms. The Hall–Kier alpha value is -0.390. The Balaban J connectivity index is 2.21. The minimum atomic E-state index is -3.22. The third-order valence-corrected chi connectivity index (χ3v) is 6.47. The van der Waals surface area contributed by atoms with Crippen molar-refractivity contribution in [2.45, 2.75) is 48.8 Å². The quantitative estimate of drug-likeness (QED) is 0.891. The van der Waals surface area contributed by atoms with Crippen molar-refractivity contribution in [3.8, 4) is 0 Å². The molecule has 0 radical (unpaired) electrons. The molecule has 0 heterocycles. The number of hydrogen-bond donors (Lipinski definition) is 1. The first-order valence-corrected chi connectivity index (χ1v) is 9.12. The smallest absolute Gasteiger partial charge is 0.182 e. The average molecular weight is 346 g/mol. The first kappa shape index (κ1) is 15.0. The molecule has 2 atom stereocenters. The summed E-state index contributed by atoms with van der Waals surface area (Å²) in [7, 11) is -3.22. The zero-order chi connectivity index (χ0) is 13.9. The van der Waals surface area contributed by atoms with Gasteiger partial charge >= 0.3 is 0 Å². The topological polar surface area (TPSA) is 46.2 Å². The molecule has 5 heteroatoms. The molecule has 1 aliphatic rings. The van der Waals surface area contributed by atoms with E-state index in [4.69, 9.17) is 0 Å². The molecule has 106 valence electrons. The molecule has 1 saturated carbocycles. The first-order valence-electron chi connectivity index (χ1n) is 6.78. The molecular weight excluding hydrogens is 326 g/mol. The number of rotatable bonds is 5. The highest BCUT2D eigenvalue weighted by atomic mass is 79.9. The van der Waals surface area contributed by atoms with Crippen LogP contribution in [0.1, 0.15) is 32.6 Å². The van der Waals surface area contributed by atoms with E-state index in [1.165, 1.54) is 0 Å². The largest absolute Gasteiger partial charge is 0.313 e. The van der Waals surface area contributed by atoms with E-state index in [1.807, 2.05) is 0 Å². The van der Waals surface area contributed by atoms with E-state index in [9.17, 15) is 8.42 Å². The van der Waals surface area contributed by atoms with Gasteiger partial charge in [-0.15, -0.1) is 0 Å². The van der Waals surface area contributed by atoms with E-state index in [1.54, 1.807) is 24.3 Å². The van der Waals surface area contributed by atoms with Crippen LogP contribution in [-0.4, -0.2) is 26.3 Å². The third kappa shape index (κ3) is 3.38. The first-order chi connectivity index (χ1) is 9.05. The Morgan fingerprint density at radius 2 is 1.95 bits per heavy atom. The van der Waals surface area contributed by atoms with E-state index in [-0.39, 0.29) is 11.3 Å². The van der Waals surface area contributed by atoms with Crippen molar-refractivity contribution in [3.05, 3.63) is 28.7 Å². The SMILES string of the molecule is CCCNC1CCCC1S(=O)(=O)c1ccc(Br)cc1. The van der Waals surface area contributed by atoms with Crippen LogP contribution >= 0.6 is 15.9 Å². The maximum absolute atomic E-state index is 12.7. The summed E-state index contributed by atoms with van der Waals surface area (Å²) in [5, 5.41) is 3.10. The van der Waals surface area contributed by atoms with Crippen molar-refractivity contribution >= 4 is 25.8 Å². The molecule has 1 aromatic carbocycles. The van der Waals surface area contributed by atoms with Crippen LogP contribution in [0.15, 0.2) is 33.6 Å². The van der Waals surface area contributed by atoms with Gasteiger partial charge in [0.2, 0.25) is 0 Å². The van der Waals surface area contributed by atoms with Gasteiger partial charge in [0, 0.05) is 10.5 Å². The van der Waals surface area contributed by atoms with E-state index in [2.05, 4.69) is 28.2 Å². The Morgan fingerprint density at radius 3 is 2.58 bits per heavy atom. The third-order valence-electron chi connectivity index (χ3n) is 3.65. The normalized spacial score (nSPS) is 23.7. The molecule has 1 aliphatic carbocycles. The van der Waals surface area contributed by atoms with E-state index in [0.717, 1.165) is 36.7 Å². The van der Waals surface area contributed by atoms with Gasteiger partial charge in [-0.3, -0.25) is 0 Å². The summed E-state index contributed by atoms with van der Waals surface area (Å²) in [6.45, 7) is 2.98. The highest BCUT2D eigenvalue weighted by molar-refractivity contribution is 9.10. The summed E-state index contributed by atoms with van der Waals surface area (Å²) in [4.78, 5) is 0.436. The highest BCUT2D eigenvalue weighted by Gasteiger charge is 2.37. The lowest BCUT2D eigenvalue weighted by atomic mass is 10.2. The monoisotopic (exact) mass is 345 g/mol. The minimum absolute atomic E-state index is 0.105. The number of nitrogens with one attached hydrogen (secondary N) is 1. The maximum Gasteiger partial charge on any atom is 0.182 e. The van der Waals surface area contributed by atoms with Crippen molar-refractivity contribution in [2.75, 3.05) is 6.54 Å². The fourth-order valence-electron chi connectivity index (χ4n) is 2.66. The van der Waals surface area contributed by atoms with Gasteiger partial charge in [-0.2, -0.15) is 0 Å². The van der Waals surface area contributed by atoms with Gasteiger partial charge in [-0.1, -0.05) is 29.3 Å². The summed E-state index contributed by atoms with van der Waals surface area (Å²) in [5.41, 5.74) is 0. The van der Waals surface area contributed by atoms with Crippen LogP contribution < -0.4 is 5.32 Å². The Morgan fingerprint density at radius 1 is 1.26 bits per heavy atom. The van der Waals surface area contributed by atoms with E-state index >= 15 is 0 Å². The summed E-state index contributed by atoms with van der Waals surface area (Å²) in [6, 6.07) is 7.06. The second-order valence-corrected chi connectivity index (χ2v) is 8.11. The molecule has 2 unspecified atom stereocenters. The number of hydrogen-bond acceptors (Lipinski definition) is 3. The lowest BCUT2D eigenvalue weighted by Gasteiger charge is -2.21. The van der Waals surface area contributed by atoms with Crippen LogP contribution in [-0.2, 0) is 9.84 Å². The number of benzene rings is 1. The van der Waals surface area contributed by atoms with Crippen LogP contribution in [0.3, 0.4) is 0 Å². The standard InChI is InChI=1S/C14H20BrNO2S/c1-2-10-16-13-4-3-5-14(13)19(17,18)12-8-6-11(15)7-9-12/h6-9,13-14,16H,2-5,10H2,1H3. The van der Waals surface area contributed by atoms with Gasteiger partial charge in [0.1, 0.15) is 0 Å². The van der Waals surface area contributed by atoms with Crippen molar-refractivity contribution in [3.63, 3.8) is 0 Å². The van der Waals surface area contributed by atoms with Gasteiger partial charge in [0.15, 0.2) is 9.84 Å². The predicted molar refractivity (Wildman–Crippen MR) is 81.0 cm³/mol. The highest BCUT2D eigenvalue weighted by Crippen LogP contribution is 2.30. The molecule has 0 spiro atoms. The molecule has 0 saturated heterocycles. The summed E-state index contributed by atoms with van der Waals surface area (Å²) < 4.78 is 26.2. The Bertz CT molecular complexity index is 513. The minimum Gasteiger partial charge on any atom is -0.313 e. The molecule has 1 aromatic rings. The van der Waals surface area contributed by atoms with Crippen LogP contribution in [0.2, 0.25) is 0 Å². The van der Waals surface area contributed by atoms with Crippen molar-refractivity contribution in [2.24, 2.45) is 0 Å². The Labute approximate surface area is 123 Å². The zero-order valence-electron chi connectivity index (χ0n) is 11.1. The molecule has 19 heavy (non-hydrogen) atoms. The summed E-state index contributed by atoms with van der Waals surface area (Å²) in [5.74, 6) is 0. The summed E-state index contributed by atoms with van der Waals surface area (Å²) >= 11 is 3.33. The van der Waals surface area contributed by atoms with Crippen LogP contribution in [0.25, 0.3) is 0 Å². The van der Waals surface area contributed by atoms with Crippen LogP contribution in [0.5, 0.6) is 0 Å². The number of halogens is 1. The van der Waals surface area contributed by atoms with Crippen molar-refractivity contribution in [1.29, 1.82) is 0 Å². The van der Waals surface area contributed by atoms with E-state index in [0.29, 0.717) is 4.90 Å². The maximum atomic E-state index is 12.7. The molecular formula is C14H20BrNO2S. The average Bonchev–Trinajstić information content (AvgIpc) is 2.86. The van der Waals surface area contributed by atoms with Gasteiger partial charge in [-0.25, -0.2) is 8.42 Å². The van der Waals surface area contributed by atoms with Gasteiger partial charge in [0.25, 0.3) is 0 Å². The molecule has 0 aliphatic heterocycles. The predicted octanol–water partition coefficient (Wildman–Crippen LogP) is 3.14. The molecule has 1 N–H and O–H groups in total. The fourth-order valence-corrected chi connectivity index (χ4v) is 4.93. The van der Waals surface area contributed by atoms with Gasteiger partial charge in [-0.05, 0) is 50.1 Å². The second-order valence-electron chi connectivity index (χ2n) is 5.03. The van der Waals surface area contributed by atoms with Crippen molar-refractivity contribution in [1.82, 2.24) is 5.32 Å². The van der Waals surface area contributed by atoms with Crippen LogP contribution in [0.4, 0.5) is 0 Å². The lowest BCUT2D eigenvalue weighted by Crippen LogP contribution is -2.40. The van der Waals surface area contributed by atoms with Crippen LogP contribution in [0, 0.1) is 0 Å². The number of sulfone groups is 1. The zero-order valence-corrected chi connectivity index (χ0v) is 13.5.